The summed E-state index contributed by atoms with van der Waals surface area (Å²) in [5.41, 5.74) is 7.06. The van der Waals surface area contributed by atoms with E-state index in [0.717, 1.165) is 36.8 Å². The molecule has 1 atom stereocenters. The van der Waals surface area contributed by atoms with E-state index in [9.17, 15) is 0 Å². The standard InChI is InChI=1S/C17H23N3O/c1-13(18)14-7-9-20(10-8-14)12-17-19-11-16(21-17)15-5-3-2-4-6-15/h2-6,11,13-14H,7-10,12,18H2,1H3. The molecule has 1 aromatic carbocycles. The van der Waals surface area contributed by atoms with Crippen molar-refractivity contribution in [3.63, 3.8) is 0 Å². The summed E-state index contributed by atoms with van der Waals surface area (Å²) in [6, 6.07) is 10.4. The molecule has 1 fully saturated rings. The molecule has 2 N–H and O–H groups in total. The number of piperidine rings is 1. The average Bonchev–Trinajstić information content (AvgIpc) is 2.97. The molecule has 21 heavy (non-hydrogen) atoms. The van der Waals surface area contributed by atoms with Crippen molar-refractivity contribution in [2.24, 2.45) is 11.7 Å². The van der Waals surface area contributed by atoms with Crippen molar-refractivity contribution < 1.29 is 4.42 Å². The second-order valence-electron chi connectivity index (χ2n) is 5.96. The Labute approximate surface area is 126 Å². The third-order valence-corrected chi connectivity index (χ3v) is 4.35. The Morgan fingerprint density at radius 3 is 2.67 bits per heavy atom. The Balaban J connectivity index is 1.59. The van der Waals surface area contributed by atoms with Crippen LogP contribution >= 0.6 is 0 Å². The van der Waals surface area contributed by atoms with E-state index >= 15 is 0 Å². The average molecular weight is 285 g/mol. The zero-order chi connectivity index (χ0) is 14.7. The Bertz CT molecular complexity index is 556. The van der Waals surface area contributed by atoms with E-state index in [-0.39, 0.29) is 0 Å². The molecule has 4 heteroatoms. The predicted molar refractivity (Wildman–Crippen MR) is 83.6 cm³/mol. The molecule has 3 rings (SSSR count). The topological polar surface area (TPSA) is 55.3 Å². The fourth-order valence-corrected chi connectivity index (χ4v) is 2.95. The van der Waals surface area contributed by atoms with Crippen LogP contribution in [0.2, 0.25) is 0 Å². The number of nitrogens with two attached hydrogens (primary N) is 1. The van der Waals surface area contributed by atoms with Crippen LogP contribution < -0.4 is 5.73 Å². The maximum Gasteiger partial charge on any atom is 0.209 e. The van der Waals surface area contributed by atoms with Crippen LogP contribution in [0.4, 0.5) is 0 Å². The normalized spacial score (nSPS) is 18.8. The molecule has 1 aliphatic heterocycles. The van der Waals surface area contributed by atoms with Gasteiger partial charge < -0.3 is 10.2 Å². The summed E-state index contributed by atoms with van der Waals surface area (Å²) in [4.78, 5) is 6.81. The van der Waals surface area contributed by atoms with E-state index in [1.165, 1.54) is 12.8 Å². The van der Waals surface area contributed by atoms with Gasteiger partial charge >= 0.3 is 0 Å². The Hall–Kier alpha value is -1.65. The first-order valence-electron chi connectivity index (χ1n) is 7.70. The molecule has 0 aliphatic carbocycles. The summed E-state index contributed by atoms with van der Waals surface area (Å²) in [5.74, 6) is 2.30. The lowest BCUT2D eigenvalue weighted by atomic mass is 9.91. The first-order chi connectivity index (χ1) is 10.2. The molecule has 2 aromatic rings. The second-order valence-corrected chi connectivity index (χ2v) is 5.96. The minimum atomic E-state index is 0.304. The summed E-state index contributed by atoms with van der Waals surface area (Å²) in [6.07, 6.45) is 4.16. The number of hydrogen-bond donors (Lipinski definition) is 1. The molecule has 0 amide bonds. The van der Waals surface area contributed by atoms with Gasteiger partial charge in [0.05, 0.1) is 12.7 Å². The smallest absolute Gasteiger partial charge is 0.209 e. The monoisotopic (exact) mass is 285 g/mol. The summed E-state index contributed by atoms with van der Waals surface area (Å²) in [6.45, 7) is 5.06. The summed E-state index contributed by atoms with van der Waals surface area (Å²) in [7, 11) is 0. The molecule has 1 unspecified atom stereocenters. The lowest BCUT2D eigenvalue weighted by Gasteiger charge is -2.32. The number of likely N-dealkylation sites (tertiary alicyclic amines) is 1. The van der Waals surface area contributed by atoms with Crippen LogP contribution in [0.25, 0.3) is 11.3 Å². The van der Waals surface area contributed by atoms with Gasteiger partial charge in [-0.1, -0.05) is 30.3 Å². The highest BCUT2D eigenvalue weighted by Crippen LogP contribution is 2.23. The minimum Gasteiger partial charge on any atom is -0.439 e. The zero-order valence-electron chi connectivity index (χ0n) is 12.5. The van der Waals surface area contributed by atoms with Crippen LogP contribution in [-0.4, -0.2) is 29.0 Å². The SMILES string of the molecule is CC(N)C1CCN(Cc2ncc(-c3ccccc3)o2)CC1. The molecule has 1 aliphatic rings. The molecule has 0 saturated carbocycles. The van der Waals surface area contributed by atoms with Crippen LogP contribution in [0.5, 0.6) is 0 Å². The van der Waals surface area contributed by atoms with Gasteiger partial charge in [-0.3, -0.25) is 4.90 Å². The molecule has 1 saturated heterocycles. The molecular formula is C17H23N3O. The van der Waals surface area contributed by atoms with Gasteiger partial charge in [0.2, 0.25) is 5.89 Å². The number of hydrogen-bond acceptors (Lipinski definition) is 4. The zero-order valence-corrected chi connectivity index (χ0v) is 12.5. The molecule has 0 spiro atoms. The van der Waals surface area contributed by atoms with Crippen LogP contribution in [0.15, 0.2) is 40.9 Å². The summed E-state index contributed by atoms with van der Waals surface area (Å²) in [5, 5.41) is 0. The van der Waals surface area contributed by atoms with Crippen LogP contribution in [-0.2, 0) is 6.54 Å². The first-order valence-corrected chi connectivity index (χ1v) is 7.70. The number of oxazole rings is 1. The van der Waals surface area contributed by atoms with Gasteiger partial charge in [0, 0.05) is 11.6 Å². The molecule has 1 aromatic heterocycles. The van der Waals surface area contributed by atoms with Gasteiger partial charge in [-0.15, -0.1) is 0 Å². The van der Waals surface area contributed by atoms with Crippen molar-refractivity contribution in [2.45, 2.75) is 32.4 Å². The van der Waals surface area contributed by atoms with Crippen molar-refractivity contribution >= 4 is 0 Å². The van der Waals surface area contributed by atoms with Gasteiger partial charge in [0.25, 0.3) is 0 Å². The van der Waals surface area contributed by atoms with E-state index in [2.05, 4.69) is 16.8 Å². The fraction of sp³-hybridized carbons (Fsp3) is 0.471. The third-order valence-electron chi connectivity index (χ3n) is 4.35. The maximum atomic E-state index is 5.98. The predicted octanol–water partition coefficient (Wildman–Crippen LogP) is 2.90. The summed E-state index contributed by atoms with van der Waals surface area (Å²) < 4.78 is 5.87. The van der Waals surface area contributed by atoms with Gasteiger partial charge in [-0.25, -0.2) is 4.98 Å². The van der Waals surface area contributed by atoms with Gasteiger partial charge in [0.15, 0.2) is 5.76 Å². The largest absolute Gasteiger partial charge is 0.439 e. The Kier molecular flexibility index (Phi) is 4.36. The second kappa shape index (κ2) is 6.41. The summed E-state index contributed by atoms with van der Waals surface area (Å²) >= 11 is 0. The van der Waals surface area contributed by atoms with Crippen LogP contribution in [0.3, 0.4) is 0 Å². The fourth-order valence-electron chi connectivity index (χ4n) is 2.95. The Morgan fingerprint density at radius 2 is 2.00 bits per heavy atom. The highest BCUT2D eigenvalue weighted by atomic mass is 16.4. The minimum absolute atomic E-state index is 0.304. The van der Waals surface area contributed by atoms with Crippen molar-refractivity contribution in [3.05, 3.63) is 42.4 Å². The van der Waals surface area contributed by atoms with Crippen molar-refractivity contribution in [1.29, 1.82) is 0 Å². The molecule has 2 heterocycles. The van der Waals surface area contributed by atoms with E-state index < -0.39 is 0 Å². The van der Waals surface area contributed by atoms with Crippen LogP contribution in [0, 0.1) is 5.92 Å². The van der Waals surface area contributed by atoms with Gasteiger partial charge in [0.1, 0.15) is 0 Å². The maximum absolute atomic E-state index is 5.98. The van der Waals surface area contributed by atoms with Crippen LogP contribution in [0.1, 0.15) is 25.7 Å². The Morgan fingerprint density at radius 1 is 1.29 bits per heavy atom. The van der Waals surface area contributed by atoms with Gasteiger partial charge in [-0.2, -0.15) is 0 Å². The lowest BCUT2D eigenvalue weighted by molar-refractivity contribution is 0.154. The van der Waals surface area contributed by atoms with E-state index in [0.29, 0.717) is 12.0 Å². The quantitative estimate of drug-likeness (QED) is 0.938. The van der Waals surface area contributed by atoms with Crippen molar-refractivity contribution in [1.82, 2.24) is 9.88 Å². The highest BCUT2D eigenvalue weighted by Gasteiger charge is 2.22. The lowest BCUT2D eigenvalue weighted by Crippen LogP contribution is -2.39. The number of nitrogens with zero attached hydrogens (tertiary/aromatic N) is 2. The van der Waals surface area contributed by atoms with E-state index in [4.69, 9.17) is 10.2 Å². The van der Waals surface area contributed by atoms with Gasteiger partial charge in [-0.05, 0) is 38.8 Å². The molecule has 0 radical (unpaired) electrons. The number of rotatable bonds is 4. The molecular weight excluding hydrogens is 262 g/mol. The number of aromatic nitrogens is 1. The van der Waals surface area contributed by atoms with Crippen molar-refractivity contribution in [2.75, 3.05) is 13.1 Å². The molecule has 0 bridgehead atoms. The third kappa shape index (κ3) is 3.52. The van der Waals surface area contributed by atoms with E-state index in [1.54, 1.807) is 0 Å². The molecule has 112 valence electrons. The molecule has 4 nitrogen and oxygen atoms in total. The first kappa shape index (κ1) is 14.3. The van der Waals surface area contributed by atoms with Crippen molar-refractivity contribution in [3.8, 4) is 11.3 Å². The number of benzene rings is 1. The highest BCUT2D eigenvalue weighted by molar-refractivity contribution is 5.55. The van der Waals surface area contributed by atoms with E-state index in [1.807, 2.05) is 36.5 Å².